The van der Waals surface area contributed by atoms with E-state index in [1.165, 1.54) is 0 Å². The van der Waals surface area contributed by atoms with Gasteiger partial charge in [-0.1, -0.05) is 47.1 Å². The van der Waals surface area contributed by atoms with Gasteiger partial charge < -0.3 is 5.32 Å². The first-order valence-corrected chi connectivity index (χ1v) is 4.66. The van der Waals surface area contributed by atoms with E-state index in [1.807, 2.05) is 40.7 Å². The molecule has 77 valence electrons. The Morgan fingerprint density at radius 2 is 1.58 bits per heavy atom. The van der Waals surface area contributed by atoms with E-state index in [-0.39, 0.29) is 20.4 Å². The minimum Gasteiger partial charge on any atom is -0.662 e. The summed E-state index contributed by atoms with van der Waals surface area (Å²) in [6.07, 6.45) is 2.91. The average molecular weight is 345 g/mol. The van der Waals surface area contributed by atoms with E-state index >= 15 is 0 Å². The second-order valence-corrected chi connectivity index (χ2v) is 1.34. The minimum atomic E-state index is 0. The first-order valence-electron chi connectivity index (χ1n) is 4.66. The Balaban J connectivity index is -0.0000000560. The summed E-state index contributed by atoms with van der Waals surface area (Å²) in [7, 11) is 0. The van der Waals surface area contributed by atoms with Gasteiger partial charge in [0.15, 0.2) is 0 Å². The fourth-order valence-electron chi connectivity index (χ4n) is 0.341. The van der Waals surface area contributed by atoms with Crippen molar-refractivity contribution in [1.29, 1.82) is 0 Å². The summed E-state index contributed by atoms with van der Waals surface area (Å²) in [5.74, 6) is 0. The van der Waals surface area contributed by atoms with Crippen LogP contribution in [0.1, 0.15) is 41.0 Å². The summed E-state index contributed by atoms with van der Waals surface area (Å²) in [5, 5.41) is 4.09. The molecule has 0 amide bonds. The van der Waals surface area contributed by atoms with Gasteiger partial charge in [-0.3, -0.25) is 0 Å². The summed E-state index contributed by atoms with van der Waals surface area (Å²) in [5.41, 5.74) is 0. The van der Waals surface area contributed by atoms with Crippen LogP contribution in [0, 0.1) is 0 Å². The smallest absolute Gasteiger partial charge is 0 e. The van der Waals surface area contributed by atoms with Crippen molar-refractivity contribution in [1.82, 2.24) is 0 Å². The molecule has 12 heavy (non-hydrogen) atoms. The maximum atomic E-state index is 4.09. The molecule has 0 aliphatic heterocycles. The van der Waals surface area contributed by atoms with Crippen LogP contribution in [0.15, 0.2) is 12.7 Å². The monoisotopic (exact) mass is 345 g/mol. The van der Waals surface area contributed by atoms with Crippen LogP contribution in [-0.2, 0) is 20.4 Å². The fourth-order valence-corrected chi connectivity index (χ4v) is 0.341. The molecule has 0 heterocycles. The van der Waals surface area contributed by atoms with Crippen molar-refractivity contribution in [3.63, 3.8) is 0 Å². The van der Waals surface area contributed by atoms with Gasteiger partial charge in [0, 0.05) is 20.4 Å². The Morgan fingerprint density at radius 1 is 1.17 bits per heavy atom. The van der Waals surface area contributed by atoms with Crippen LogP contribution >= 0.6 is 0 Å². The summed E-state index contributed by atoms with van der Waals surface area (Å²) >= 11 is 0. The van der Waals surface area contributed by atoms with E-state index in [2.05, 4.69) is 11.9 Å². The molecule has 0 aliphatic carbocycles. The molecule has 1 nitrogen and oxygen atoms in total. The zero-order valence-electron chi connectivity index (χ0n) is 9.23. The molecular weight excluding hydrogens is 320 g/mol. The third kappa shape index (κ3) is 47.7. The van der Waals surface area contributed by atoms with E-state index in [4.69, 9.17) is 0 Å². The van der Waals surface area contributed by atoms with Gasteiger partial charge in [-0.05, 0) is 0 Å². The largest absolute Gasteiger partial charge is 0.662 e. The van der Waals surface area contributed by atoms with Crippen LogP contribution < -0.4 is 0 Å². The van der Waals surface area contributed by atoms with Gasteiger partial charge >= 0.3 is 0 Å². The molecule has 0 aromatic rings. The normalized spacial score (nSPS) is 6.08. The summed E-state index contributed by atoms with van der Waals surface area (Å²) in [6, 6.07) is 0. The third-order valence-corrected chi connectivity index (χ3v) is 0.715. The van der Waals surface area contributed by atoms with Crippen LogP contribution in [0.4, 0.5) is 0 Å². The van der Waals surface area contributed by atoms with Crippen molar-refractivity contribution in [2.75, 3.05) is 13.1 Å². The summed E-state index contributed by atoms with van der Waals surface area (Å²) in [4.78, 5) is 0. The number of hydrogen-bond acceptors (Lipinski definition) is 0. The zero-order valence-corrected chi connectivity index (χ0v) is 11.9. The molecule has 0 saturated heterocycles. The summed E-state index contributed by atoms with van der Waals surface area (Å²) in [6.45, 7) is 15.5. The molecule has 2 heteroatoms. The molecule has 0 N–H and O–H groups in total. The number of nitrogens with zero attached hydrogens (tertiary/aromatic N) is 1. The van der Waals surface area contributed by atoms with Crippen LogP contribution in [0.3, 0.4) is 0 Å². The minimum absolute atomic E-state index is 0. The standard InChI is InChI=1S/C6H12N.2C2H6.Re/c1-3-5-6-7-4-2;2*1-2;/h3H,1,4-6H2,2H3;2*1-2H3;/q-1;;;. The van der Waals surface area contributed by atoms with Gasteiger partial charge in [0.1, 0.15) is 0 Å². The molecule has 0 unspecified atom stereocenters. The fraction of sp³-hybridized carbons (Fsp3) is 0.800. The number of rotatable bonds is 4. The Bertz CT molecular complexity index is 47.1. The van der Waals surface area contributed by atoms with Crippen molar-refractivity contribution in [2.45, 2.75) is 41.0 Å². The Kier molecular flexibility index (Phi) is 80.7. The Labute approximate surface area is 92.7 Å². The predicted octanol–water partition coefficient (Wildman–Crippen LogP) is 4.01. The summed E-state index contributed by atoms with van der Waals surface area (Å²) < 4.78 is 0. The van der Waals surface area contributed by atoms with Gasteiger partial charge in [-0.2, -0.15) is 6.54 Å². The van der Waals surface area contributed by atoms with Crippen molar-refractivity contribution in [3.8, 4) is 0 Å². The van der Waals surface area contributed by atoms with E-state index in [0.717, 1.165) is 19.5 Å². The molecule has 0 spiro atoms. The molecule has 0 atom stereocenters. The second kappa shape index (κ2) is 42.4. The molecule has 0 aromatic heterocycles. The predicted molar refractivity (Wildman–Crippen MR) is 56.3 cm³/mol. The molecule has 0 bridgehead atoms. The van der Waals surface area contributed by atoms with Crippen molar-refractivity contribution < 1.29 is 20.4 Å². The van der Waals surface area contributed by atoms with Crippen molar-refractivity contribution >= 4 is 0 Å². The van der Waals surface area contributed by atoms with Crippen molar-refractivity contribution in [2.24, 2.45) is 0 Å². The second-order valence-electron chi connectivity index (χ2n) is 1.34. The molecule has 0 aliphatic rings. The van der Waals surface area contributed by atoms with Crippen LogP contribution in [0.25, 0.3) is 5.32 Å². The Morgan fingerprint density at radius 3 is 1.83 bits per heavy atom. The SMILES string of the molecule is C=CCC[N-]CC.CC.CC.[Re]. The molecule has 0 fully saturated rings. The third-order valence-electron chi connectivity index (χ3n) is 0.715. The molecule has 0 saturated carbocycles. The van der Waals surface area contributed by atoms with Gasteiger partial charge in [-0.15, -0.1) is 13.1 Å². The average Bonchev–Trinajstić information content (AvgIpc) is 2.13. The van der Waals surface area contributed by atoms with Crippen LogP contribution in [0.5, 0.6) is 0 Å². The van der Waals surface area contributed by atoms with Crippen LogP contribution in [-0.4, -0.2) is 13.1 Å². The quantitative estimate of drug-likeness (QED) is 0.540. The first-order chi connectivity index (χ1) is 5.41. The molecular formula is C10H24NRe-. The van der Waals surface area contributed by atoms with Gasteiger partial charge in [-0.25, -0.2) is 0 Å². The van der Waals surface area contributed by atoms with E-state index in [9.17, 15) is 0 Å². The topological polar surface area (TPSA) is 14.1 Å². The van der Waals surface area contributed by atoms with Gasteiger partial charge in [0.2, 0.25) is 0 Å². The molecule has 0 rings (SSSR count). The maximum absolute atomic E-state index is 4.09. The van der Waals surface area contributed by atoms with E-state index < -0.39 is 0 Å². The first kappa shape index (κ1) is 22.8. The molecule has 0 aromatic carbocycles. The number of hydrogen-bond donors (Lipinski definition) is 0. The maximum Gasteiger partial charge on any atom is 0 e. The Hall–Kier alpha value is 0.362. The van der Waals surface area contributed by atoms with Crippen molar-refractivity contribution in [3.05, 3.63) is 18.0 Å². The van der Waals surface area contributed by atoms with Gasteiger partial charge in [0.25, 0.3) is 0 Å². The van der Waals surface area contributed by atoms with Gasteiger partial charge in [0.05, 0.1) is 0 Å². The zero-order chi connectivity index (χ0) is 9.54. The van der Waals surface area contributed by atoms with E-state index in [1.54, 1.807) is 0 Å². The molecule has 1 radical (unpaired) electrons. The van der Waals surface area contributed by atoms with E-state index in [0.29, 0.717) is 0 Å². The van der Waals surface area contributed by atoms with Crippen LogP contribution in [0.2, 0.25) is 0 Å².